The van der Waals surface area contributed by atoms with Crippen LogP contribution in [0.3, 0.4) is 0 Å². The minimum atomic E-state index is -0.607. The minimum Gasteiger partial charge on any atom is -0.464 e. The predicted molar refractivity (Wildman–Crippen MR) is 137 cm³/mol. The van der Waals surface area contributed by atoms with Gasteiger partial charge in [0, 0.05) is 12.0 Å². The maximum atomic E-state index is 13.0. The zero-order valence-electron chi connectivity index (χ0n) is 21.5. The van der Waals surface area contributed by atoms with E-state index in [1.54, 1.807) is 11.8 Å². The van der Waals surface area contributed by atoms with Crippen molar-refractivity contribution in [1.82, 2.24) is 4.90 Å². The molecule has 0 N–H and O–H groups in total. The second-order valence-corrected chi connectivity index (χ2v) is 11.0. The average molecular weight is 478 g/mol. The Labute approximate surface area is 209 Å². The van der Waals surface area contributed by atoms with Crippen molar-refractivity contribution in [1.29, 1.82) is 0 Å². The van der Waals surface area contributed by atoms with Gasteiger partial charge in [-0.15, -0.1) is 0 Å². The first-order valence-electron chi connectivity index (χ1n) is 13.0. The number of nitrogens with zero attached hydrogens (tertiary/aromatic N) is 1. The van der Waals surface area contributed by atoms with Gasteiger partial charge in [0.15, 0.2) is 0 Å². The molecule has 1 aliphatic carbocycles. The van der Waals surface area contributed by atoms with Crippen molar-refractivity contribution in [3.8, 4) is 0 Å². The SMILES string of the molecule is CCOC(=O)[C@@H]1C[C@H](C2CCC(c3ccccc3)(c3ccccc3)CC2)CN1C(=O)OC(C)(C)C. The van der Waals surface area contributed by atoms with E-state index in [4.69, 9.17) is 9.47 Å². The lowest BCUT2D eigenvalue weighted by Gasteiger charge is -2.43. The van der Waals surface area contributed by atoms with Crippen LogP contribution in [0.1, 0.15) is 70.9 Å². The Kier molecular flexibility index (Phi) is 7.53. The molecule has 0 spiro atoms. The Balaban J connectivity index is 1.52. The maximum absolute atomic E-state index is 13.0. The molecule has 5 heteroatoms. The fourth-order valence-corrected chi connectivity index (χ4v) is 6.06. The topological polar surface area (TPSA) is 55.8 Å². The van der Waals surface area contributed by atoms with Gasteiger partial charge in [-0.2, -0.15) is 0 Å². The molecule has 1 saturated heterocycles. The Bertz CT molecular complexity index is 949. The number of carbonyl (C=O) groups excluding carboxylic acids is 2. The molecule has 0 aromatic heterocycles. The lowest BCUT2D eigenvalue weighted by atomic mass is 9.61. The number of benzene rings is 2. The molecule has 0 radical (unpaired) electrons. The number of hydrogen-bond donors (Lipinski definition) is 0. The molecule has 2 atom stereocenters. The van der Waals surface area contributed by atoms with E-state index in [-0.39, 0.29) is 17.3 Å². The fourth-order valence-electron chi connectivity index (χ4n) is 6.06. The second-order valence-electron chi connectivity index (χ2n) is 11.0. The summed E-state index contributed by atoms with van der Waals surface area (Å²) >= 11 is 0. The fraction of sp³-hybridized carbons (Fsp3) is 0.533. The van der Waals surface area contributed by atoms with Crippen LogP contribution in [0.15, 0.2) is 60.7 Å². The second kappa shape index (κ2) is 10.4. The van der Waals surface area contributed by atoms with Crippen LogP contribution in [0.2, 0.25) is 0 Å². The number of rotatable bonds is 5. The summed E-state index contributed by atoms with van der Waals surface area (Å²) in [4.78, 5) is 27.3. The molecule has 1 aliphatic heterocycles. The van der Waals surface area contributed by atoms with E-state index in [1.165, 1.54) is 11.1 Å². The summed E-state index contributed by atoms with van der Waals surface area (Å²) in [6.45, 7) is 8.22. The average Bonchev–Trinajstić information content (AvgIpc) is 3.30. The van der Waals surface area contributed by atoms with Gasteiger partial charge in [-0.1, -0.05) is 60.7 Å². The van der Waals surface area contributed by atoms with Crippen LogP contribution < -0.4 is 0 Å². The molecule has 1 saturated carbocycles. The lowest BCUT2D eigenvalue weighted by Crippen LogP contribution is -2.44. The van der Waals surface area contributed by atoms with Gasteiger partial charge in [0.25, 0.3) is 0 Å². The van der Waals surface area contributed by atoms with Crippen LogP contribution in [-0.4, -0.2) is 41.8 Å². The summed E-state index contributed by atoms with van der Waals surface area (Å²) in [6, 6.07) is 21.1. The molecule has 2 aromatic carbocycles. The van der Waals surface area contributed by atoms with Crippen molar-refractivity contribution in [3.05, 3.63) is 71.8 Å². The van der Waals surface area contributed by atoms with E-state index >= 15 is 0 Å². The van der Waals surface area contributed by atoms with Gasteiger partial charge in [-0.3, -0.25) is 4.90 Å². The highest BCUT2D eigenvalue weighted by Crippen LogP contribution is 2.49. The summed E-state index contributed by atoms with van der Waals surface area (Å²) in [5.41, 5.74) is 2.14. The monoisotopic (exact) mass is 477 g/mol. The van der Waals surface area contributed by atoms with E-state index in [0.717, 1.165) is 25.7 Å². The zero-order valence-corrected chi connectivity index (χ0v) is 21.5. The quantitative estimate of drug-likeness (QED) is 0.471. The molecule has 1 amide bonds. The third-order valence-electron chi connectivity index (χ3n) is 7.72. The Morgan fingerprint density at radius 1 is 0.914 bits per heavy atom. The van der Waals surface area contributed by atoms with Crippen LogP contribution in [0.25, 0.3) is 0 Å². The third kappa shape index (κ3) is 5.55. The summed E-state index contributed by atoms with van der Waals surface area (Å²) < 4.78 is 11.0. The van der Waals surface area contributed by atoms with Crippen LogP contribution in [-0.2, 0) is 19.7 Å². The van der Waals surface area contributed by atoms with Gasteiger partial charge in [-0.05, 0) is 82.8 Å². The standard InChI is InChI=1S/C30H39NO4/c1-5-34-27(32)26-20-23(21-31(26)28(33)35-29(2,3)4)22-16-18-30(19-17-22,24-12-8-6-9-13-24)25-14-10-7-11-15-25/h6-15,22-23,26H,5,16-21H2,1-4H3/t23-,26-/m0/s1. The van der Waals surface area contributed by atoms with E-state index in [1.807, 2.05) is 20.8 Å². The Hall–Kier alpha value is -2.82. The van der Waals surface area contributed by atoms with Crippen LogP contribution in [0.5, 0.6) is 0 Å². The molecule has 1 heterocycles. The number of ether oxygens (including phenoxy) is 2. The van der Waals surface area contributed by atoms with Crippen molar-refractivity contribution in [2.75, 3.05) is 13.2 Å². The van der Waals surface area contributed by atoms with Crippen molar-refractivity contribution in [2.24, 2.45) is 11.8 Å². The number of hydrogen-bond acceptors (Lipinski definition) is 4. The normalized spacial score (nSPS) is 22.6. The summed E-state index contributed by atoms with van der Waals surface area (Å²) in [5.74, 6) is 0.404. The van der Waals surface area contributed by atoms with Crippen LogP contribution in [0.4, 0.5) is 4.79 Å². The largest absolute Gasteiger partial charge is 0.464 e. The van der Waals surface area contributed by atoms with Crippen LogP contribution >= 0.6 is 0 Å². The van der Waals surface area contributed by atoms with E-state index < -0.39 is 17.7 Å². The molecular formula is C30H39NO4. The Morgan fingerprint density at radius 3 is 1.94 bits per heavy atom. The molecule has 0 bridgehead atoms. The van der Waals surface area contributed by atoms with Crippen molar-refractivity contribution in [2.45, 2.75) is 76.9 Å². The van der Waals surface area contributed by atoms with Gasteiger partial charge in [0.05, 0.1) is 6.61 Å². The number of carbonyl (C=O) groups is 2. The molecule has 188 valence electrons. The highest BCUT2D eigenvalue weighted by atomic mass is 16.6. The van der Waals surface area contributed by atoms with Crippen molar-refractivity contribution in [3.63, 3.8) is 0 Å². The summed E-state index contributed by atoms with van der Waals surface area (Å²) in [5, 5.41) is 0. The molecule has 2 aromatic rings. The van der Waals surface area contributed by atoms with Crippen LogP contribution in [0, 0.1) is 11.8 Å². The highest BCUT2D eigenvalue weighted by Gasteiger charge is 2.47. The van der Waals surface area contributed by atoms with Gasteiger partial charge in [-0.25, -0.2) is 9.59 Å². The first-order chi connectivity index (χ1) is 16.7. The first kappa shape index (κ1) is 25.3. The van der Waals surface area contributed by atoms with Crippen molar-refractivity contribution >= 4 is 12.1 Å². The van der Waals surface area contributed by atoms with E-state index in [2.05, 4.69) is 60.7 Å². The lowest BCUT2D eigenvalue weighted by molar-refractivity contribution is -0.148. The molecule has 4 rings (SSSR count). The smallest absolute Gasteiger partial charge is 0.411 e. The van der Waals surface area contributed by atoms with Crippen molar-refractivity contribution < 1.29 is 19.1 Å². The molecule has 0 unspecified atom stereocenters. The van der Waals surface area contributed by atoms with Gasteiger partial charge >= 0.3 is 12.1 Å². The summed E-state index contributed by atoms with van der Waals surface area (Å²) in [6.07, 6.45) is 4.46. The molecular weight excluding hydrogens is 438 g/mol. The summed E-state index contributed by atoms with van der Waals surface area (Å²) in [7, 11) is 0. The zero-order chi connectivity index (χ0) is 25.1. The molecule has 2 fully saturated rings. The van der Waals surface area contributed by atoms with Gasteiger partial charge in [0.1, 0.15) is 11.6 Å². The van der Waals surface area contributed by atoms with E-state index in [9.17, 15) is 9.59 Å². The molecule has 35 heavy (non-hydrogen) atoms. The molecule has 2 aliphatic rings. The van der Waals surface area contributed by atoms with Gasteiger partial charge in [0.2, 0.25) is 0 Å². The Morgan fingerprint density at radius 2 is 1.46 bits per heavy atom. The highest BCUT2D eigenvalue weighted by molar-refractivity contribution is 5.82. The number of amides is 1. The van der Waals surface area contributed by atoms with E-state index in [0.29, 0.717) is 25.5 Å². The molecule has 5 nitrogen and oxygen atoms in total. The third-order valence-corrected chi connectivity index (χ3v) is 7.72. The first-order valence-corrected chi connectivity index (χ1v) is 13.0. The number of esters is 1. The van der Waals surface area contributed by atoms with Gasteiger partial charge < -0.3 is 9.47 Å². The predicted octanol–water partition coefficient (Wildman–Crippen LogP) is 6.35. The number of likely N-dealkylation sites (tertiary alicyclic amines) is 1. The maximum Gasteiger partial charge on any atom is 0.411 e. The minimum absolute atomic E-state index is 0.00300.